The van der Waals surface area contributed by atoms with Gasteiger partial charge in [-0.15, -0.1) is 0 Å². The average molecular weight is 463 g/mol. The van der Waals surface area contributed by atoms with E-state index in [0.717, 1.165) is 16.7 Å². The van der Waals surface area contributed by atoms with E-state index in [2.05, 4.69) is 20.8 Å². The summed E-state index contributed by atoms with van der Waals surface area (Å²) >= 11 is 5.94. The second-order valence-corrected chi connectivity index (χ2v) is 8.10. The van der Waals surface area contributed by atoms with Crippen molar-refractivity contribution in [1.29, 1.82) is 0 Å². The maximum Gasteiger partial charge on any atom is 0.265 e. The Labute approximate surface area is 196 Å². The van der Waals surface area contributed by atoms with E-state index in [1.807, 2.05) is 54.6 Å². The van der Waals surface area contributed by atoms with Gasteiger partial charge in [-0.25, -0.2) is 0 Å². The molecule has 0 saturated carbocycles. The largest absolute Gasteiger partial charge is 0.382 e. The SMILES string of the molecule is O=C(NCc1ccncc1)C(Cc1ccccc1)NC(=O)C1CC(c2ccc(Cl)cc2)=NO1. The molecule has 2 unspecified atom stereocenters. The molecule has 2 N–H and O–H groups in total. The number of halogens is 1. The lowest BCUT2D eigenvalue weighted by Crippen LogP contribution is -2.50. The van der Waals surface area contributed by atoms with Crippen molar-refractivity contribution in [3.63, 3.8) is 0 Å². The molecule has 2 aromatic carbocycles. The summed E-state index contributed by atoms with van der Waals surface area (Å²) in [6.45, 7) is 0.340. The summed E-state index contributed by atoms with van der Waals surface area (Å²) in [5, 5.41) is 10.4. The van der Waals surface area contributed by atoms with Crippen LogP contribution < -0.4 is 10.6 Å². The summed E-state index contributed by atoms with van der Waals surface area (Å²) < 4.78 is 0. The maximum atomic E-state index is 13.0. The van der Waals surface area contributed by atoms with Crippen molar-refractivity contribution < 1.29 is 14.4 Å². The molecule has 2 heterocycles. The van der Waals surface area contributed by atoms with Crippen molar-refractivity contribution in [3.05, 3.63) is 101 Å². The van der Waals surface area contributed by atoms with Crippen molar-refractivity contribution >= 4 is 29.1 Å². The number of nitrogens with one attached hydrogen (secondary N) is 2. The molecule has 0 aliphatic carbocycles. The Kier molecular flexibility index (Phi) is 7.32. The van der Waals surface area contributed by atoms with Crippen LogP contribution in [0.2, 0.25) is 5.02 Å². The Morgan fingerprint density at radius 2 is 1.73 bits per heavy atom. The first-order chi connectivity index (χ1) is 16.1. The van der Waals surface area contributed by atoms with Crippen LogP contribution in [0.1, 0.15) is 23.1 Å². The van der Waals surface area contributed by atoms with E-state index >= 15 is 0 Å². The van der Waals surface area contributed by atoms with Crippen LogP contribution in [0, 0.1) is 0 Å². The first-order valence-electron chi connectivity index (χ1n) is 10.6. The number of nitrogens with zero attached hydrogens (tertiary/aromatic N) is 2. The maximum absolute atomic E-state index is 13.0. The summed E-state index contributed by atoms with van der Waals surface area (Å²) in [4.78, 5) is 35.3. The summed E-state index contributed by atoms with van der Waals surface area (Å²) in [5.41, 5.74) is 3.36. The fraction of sp³-hybridized carbons (Fsp3) is 0.200. The second-order valence-electron chi connectivity index (χ2n) is 7.67. The van der Waals surface area contributed by atoms with Gasteiger partial charge < -0.3 is 15.5 Å². The first kappa shape index (κ1) is 22.5. The third-order valence-corrected chi connectivity index (χ3v) is 5.52. The lowest BCUT2D eigenvalue weighted by Gasteiger charge is -2.20. The fourth-order valence-corrected chi connectivity index (χ4v) is 3.59. The van der Waals surface area contributed by atoms with E-state index in [1.165, 1.54) is 0 Å². The van der Waals surface area contributed by atoms with Gasteiger partial charge in [0, 0.05) is 36.8 Å². The van der Waals surface area contributed by atoms with E-state index in [-0.39, 0.29) is 11.8 Å². The molecule has 2 atom stereocenters. The molecule has 0 saturated heterocycles. The van der Waals surface area contributed by atoms with E-state index in [9.17, 15) is 9.59 Å². The molecule has 1 aromatic heterocycles. The van der Waals surface area contributed by atoms with Crippen LogP contribution in [0.15, 0.2) is 84.3 Å². The van der Waals surface area contributed by atoms with Gasteiger partial charge in [-0.05, 0) is 41.0 Å². The zero-order valence-corrected chi connectivity index (χ0v) is 18.5. The van der Waals surface area contributed by atoms with Gasteiger partial charge in [0.25, 0.3) is 5.91 Å². The molecule has 4 rings (SSSR count). The molecule has 0 bridgehead atoms. The number of pyridine rings is 1. The predicted molar refractivity (Wildman–Crippen MR) is 126 cm³/mol. The monoisotopic (exact) mass is 462 g/mol. The number of hydrogen-bond acceptors (Lipinski definition) is 5. The van der Waals surface area contributed by atoms with Crippen LogP contribution in [-0.4, -0.2) is 34.7 Å². The topological polar surface area (TPSA) is 92.7 Å². The number of hydrogen-bond donors (Lipinski definition) is 2. The molecule has 33 heavy (non-hydrogen) atoms. The van der Waals surface area contributed by atoms with E-state index in [0.29, 0.717) is 30.1 Å². The average Bonchev–Trinajstić information content (AvgIpc) is 3.34. The van der Waals surface area contributed by atoms with Crippen LogP contribution >= 0.6 is 11.6 Å². The van der Waals surface area contributed by atoms with Crippen molar-refractivity contribution in [2.45, 2.75) is 31.5 Å². The molecule has 2 amide bonds. The fourth-order valence-electron chi connectivity index (χ4n) is 3.47. The van der Waals surface area contributed by atoms with Gasteiger partial charge in [-0.1, -0.05) is 59.2 Å². The molecule has 1 aliphatic rings. The Balaban J connectivity index is 1.40. The molecule has 0 radical (unpaired) electrons. The molecule has 8 heteroatoms. The van der Waals surface area contributed by atoms with Crippen molar-refractivity contribution in [2.75, 3.05) is 0 Å². The van der Waals surface area contributed by atoms with Gasteiger partial charge in [0.15, 0.2) is 0 Å². The van der Waals surface area contributed by atoms with E-state index < -0.39 is 12.1 Å². The van der Waals surface area contributed by atoms with Crippen molar-refractivity contribution in [2.24, 2.45) is 5.16 Å². The van der Waals surface area contributed by atoms with Crippen molar-refractivity contribution in [3.8, 4) is 0 Å². The minimum absolute atomic E-state index is 0.277. The van der Waals surface area contributed by atoms with Crippen LogP contribution in [0.4, 0.5) is 0 Å². The van der Waals surface area contributed by atoms with E-state index in [4.69, 9.17) is 16.4 Å². The second kappa shape index (κ2) is 10.7. The smallest absolute Gasteiger partial charge is 0.265 e. The lowest BCUT2D eigenvalue weighted by atomic mass is 10.0. The highest BCUT2D eigenvalue weighted by Crippen LogP contribution is 2.19. The zero-order chi connectivity index (χ0) is 23.0. The van der Waals surface area contributed by atoms with Gasteiger partial charge in [0.2, 0.25) is 12.0 Å². The van der Waals surface area contributed by atoms with Crippen LogP contribution in [0.25, 0.3) is 0 Å². The molecule has 1 aliphatic heterocycles. The highest BCUT2D eigenvalue weighted by molar-refractivity contribution is 6.30. The zero-order valence-electron chi connectivity index (χ0n) is 17.8. The summed E-state index contributed by atoms with van der Waals surface area (Å²) in [7, 11) is 0. The van der Waals surface area contributed by atoms with Gasteiger partial charge in [-0.3, -0.25) is 14.6 Å². The normalized spacial score (nSPS) is 15.8. The minimum atomic E-state index is -0.804. The summed E-state index contributed by atoms with van der Waals surface area (Å²) in [5.74, 6) is -0.663. The molecule has 7 nitrogen and oxygen atoms in total. The quantitative estimate of drug-likeness (QED) is 0.537. The highest BCUT2D eigenvalue weighted by Gasteiger charge is 2.32. The predicted octanol–water partition coefficient (Wildman–Crippen LogP) is 3.27. The number of carbonyl (C=O) groups is 2. The summed E-state index contributed by atoms with van der Waals surface area (Å²) in [6, 6.07) is 19.6. The highest BCUT2D eigenvalue weighted by atomic mass is 35.5. The number of benzene rings is 2. The number of carbonyl (C=O) groups excluding carboxylic acids is 2. The molecule has 0 spiro atoms. The Morgan fingerprint density at radius 1 is 1.00 bits per heavy atom. The van der Waals surface area contributed by atoms with Crippen LogP contribution in [0.5, 0.6) is 0 Å². The number of aromatic nitrogens is 1. The van der Waals surface area contributed by atoms with Gasteiger partial charge in [-0.2, -0.15) is 0 Å². The standard InChI is InChI=1S/C25H23ClN4O3/c26-20-8-6-19(7-9-20)21-15-23(33-30-21)25(32)29-22(14-17-4-2-1-3-5-17)24(31)28-16-18-10-12-27-13-11-18/h1-13,22-23H,14-16H2,(H,28,31)(H,29,32). The lowest BCUT2D eigenvalue weighted by molar-refractivity contribution is -0.135. The van der Waals surface area contributed by atoms with Crippen molar-refractivity contribution in [1.82, 2.24) is 15.6 Å². The molecular formula is C25H23ClN4O3. The Bertz CT molecular complexity index is 1120. The number of rotatable bonds is 8. The van der Waals surface area contributed by atoms with E-state index in [1.54, 1.807) is 24.5 Å². The van der Waals surface area contributed by atoms with Gasteiger partial charge in [0.05, 0.1) is 5.71 Å². The molecule has 168 valence electrons. The third-order valence-electron chi connectivity index (χ3n) is 5.27. The number of amides is 2. The first-order valence-corrected chi connectivity index (χ1v) is 11.0. The minimum Gasteiger partial charge on any atom is -0.382 e. The van der Waals surface area contributed by atoms with Gasteiger partial charge in [0.1, 0.15) is 6.04 Å². The van der Waals surface area contributed by atoms with Crippen LogP contribution in [-0.2, 0) is 27.4 Å². The molecular weight excluding hydrogens is 440 g/mol. The summed E-state index contributed by atoms with van der Waals surface area (Å²) in [6.07, 6.45) is 3.19. The molecule has 0 fully saturated rings. The Hall–Kier alpha value is -3.71. The third kappa shape index (κ3) is 6.17. The van der Waals surface area contributed by atoms with Crippen LogP contribution in [0.3, 0.4) is 0 Å². The molecule has 3 aromatic rings. The number of oxime groups is 1. The van der Waals surface area contributed by atoms with Gasteiger partial charge >= 0.3 is 0 Å². The Morgan fingerprint density at radius 3 is 2.45 bits per heavy atom.